The second kappa shape index (κ2) is 7.10. The van der Waals surface area contributed by atoms with Crippen molar-refractivity contribution in [2.45, 2.75) is 40.0 Å². The van der Waals surface area contributed by atoms with Crippen molar-refractivity contribution in [3.05, 3.63) is 0 Å². The maximum Gasteiger partial charge on any atom is 0.226 e. The average molecular weight is 255 g/mol. The van der Waals surface area contributed by atoms with Gasteiger partial charge in [-0.15, -0.1) is 0 Å². The van der Waals surface area contributed by atoms with Crippen LogP contribution in [0.5, 0.6) is 0 Å². The molecule has 4 nitrogen and oxygen atoms in total. The van der Waals surface area contributed by atoms with E-state index < -0.39 is 5.41 Å². The summed E-state index contributed by atoms with van der Waals surface area (Å²) in [5, 5.41) is 3.02. The summed E-state index contributed by atoms with van der Waals surface area (Å²) in [5.74, 6) is 0.566. The number of nitrogens with one attached hydrogen (secondary N) is 1. The molecule has 4 heteroatoms. The SMILES string of the molecule is CC(CNC(=O)C(C)(C)CN)CN1CCCCC1. The average Bonchev–Trinajstić information content (AvgIpc) is 2.37. The van der Waals surface area contributed by atoms with E-state index in [1.165, 1.54) is 32.4 Å². The Labute approximate surface area is 111 Å². The second-order valence-corrected chi connectivity index (χ2v) is 6.26. The van der Waals surface area contributed by atoms with Crippen molar-refractivity contribution < 1.29 is 4.79 Å². The van der Waals surface area contributed by atoms with Gasteiger partial charge in [-0.25, -0.2) is 0 Å². The van der Waals surface area contributed by atoms with Gasteiger partial charge in [0.05, 0.1) is 5.41 Å². The highest BCUT2D eigenvalue weighted by Crippen LogP contribution is 2.13. The zero-order chi connectivity index (χ0) is 13.6. The van der Waals surface area contributed by atoms with E-state index in [-0.39, 0.29) is 5.91 Å². The fourth-order valence-corrected chi connectivity index (χ4v) is 2.25. The minimum Gasteiger partial charge on any atom is -0.355 e. The van der Waals surface area contributed by atoms with Crippen molar-refractivity contribution in [1.82, 2.24) is 10.2 Å². The summed E-state index contributed by atoms with van der Waals surface area (Å²) in [5.41, 5.74) is 5.14. The molecule has 18 heavy (non-hydrogen) atoms. The summed E-state index contributed by atoms with van der Waals surface area (Å²) in [6.07, 6.45) is 4.00. The zero-order valence-electron chi connectivity index (χ0n) is 12.2. The summed E-state index contributed by atoms with van der Waals surface area (Å²) < 4.78 is 0. The normalized spacial score (nSPS) is 19.6. The lowest BCUT2D eigenvalue weighted by Crippen LogP contribution is -2.44. The molecule has 0 aromatic heterocycles. The van der Waals surface area contributed by atoms with Gasteiger partial charge in [0.2, 0.25) is 5.91 Å². The van der Waals surface area contributed by atoms with Gasteiger partial charge in [-0.1, -0.05) is 13.3 Å². The smallest absolute Gasteiger partial charge is 0.226 e. The van der Waals surface area contributed by atoms with Crippen LogP contribution in [0.1, 0.15) is 40.0 Å². The third-order valence-electron chi connectivity index (χ3n) is 3.75. The summed E-state index contributed by atoms with van der Waals surface area (Å²) in [4.78, 5) is 14.4. The second-order valence-electron chi connectivity index (χ2n) is 6.26. The molecule has 106 valence electrons. The number of carbonyl (C=O) groups is 1. The molecular weight excluding hydrogens is 226 g/mol. The highest BCUT2D eigenvalue weighted by Gasteiger charge is 2.25. The quantitative estimate of drug-likeness (QED) is 0.750. The first-order valence-corrected chi connectivity index (χ1v) is 7.16. The van der Waals surface area contributed by atoms with Crippen LogP contribution in [0.4, 0.5) is 0 Å². The molecule has 1 saturated heterocycles. The van der Waals surface area contributed by atoms with E-state index in [9.17, 15) is 4.79 Å². The first-order chi connectivity index (χ1) is 8.45. The van der Waals surface area contributed by atoms with Crippen LogP contribution in [-0.4, -0.2) is 43.5 Å². The van der Waals surface area contributed by atoms with Gasteiger partial charge in [0.25, 0.3) is 0 Å². The molecule has 0 saturated carbocycles. The molecule has 0 aliphatic carbocycles. The van der Waals surface area contributed by atoms with Gasteiger partial charge in [-0.05, 0) is 45.7 Å². The highest BCUT2D eigenvalue weighted by molar-refractivity contribution is 5.81. The highest BCUT2D eigenvalue weighted by atomic mass is 16.2. The summed E-state index contributed by atoms with van der Waals surface area (Å²) in [6.45, 7) is 10.6. The topological polar surface area (TPSA) is 58.4 Å². The first-order valence-electron chi connectivity index (χ1n) is 7.16. The molecule has 0 spiro atoms. The Bertz CT molecular complexity index is 260. The lowest BCUT2D eigenvalue weighted by Gasteiger charge is -2.29. The van der Waals surface area contributed by atoms with Crippen LogP contribution in [0, 0.1) is 11.3 Å². The molecule has 1 unspecified atom stereocenters. The molecule has 3 N–H and O–H groups in total. The molecule has 0 radical (unpaired) electrons. The number of hydrogen-bond acceptors (Lipinski definition) is 3. The van der Waals surface area contributed by atoms with E-state index in [1.807, 2.05) is 13.8 Å². The number of amides is 1. The first kappa shape index (κ1) is 15.4. The van der Waals surface area contributed by atoms with Crippen LogP contribution in [0.25, 0.3) is 0 Å². The monoisotopic (exact) mass is 255 g/mol. The van der Waals surface area contributed by atoms with Crippen molar-refractivity contribution in [3.8, 4) is 0 Å². The lowest BCUT2D eigenvalue weighted by atomic mass is 9.92. The van der Waals surface area contributed by atoms with Crippen LogP contribution < -0.4 is 11.1 Å². The van der Waals surface area contributed by atoms with E-state index in [2.05, 4.69) is 17.1 Å². The van der Waals surface area contributed by atoms with E-state index in [0.717, 1.165) is 13.1 Å². The van der Waals surface area contributed by atoms with Crippen molar-refractivity contribution in [2.75, 3.05) is 32.7 Å². The van der Waals surface area contributed by atoms with E-state index in [4.69, 9.17) is 5.73 Å². The van der Waals surface area contributed by atoms with Gasteiger partial charge in [0.15, 0.2) is 0 Å². The lowest BCUT2D eigenvalue weighted by molar-refractivity contribution is -0.129. The Morgan fingerprint density at radius 1 is 1.33 bits per heavy atom. The number of rotatable bonds is 6. The molecule has 0 aromatic carbocycles. The zero-order valence-corrected chi connectivity index (χ0v) is 12.2. The molecule has 1 atom stereocenters. The van der Waals surface area contributed by atoms with Gasteiger partial charge in [-0.3, -0.25) is 4.79 Å². The molecule has 1 fully saturated rings. The molecular formula is C14H29N3O. The molecule has 1 aliphatic heterocycles. The van der Waals surface area contributed by atoms with E-state index >= 15 is 0 Å². The number of nitrogens with two attached hydrogens (primary N) is 1. The Morgan fingerprint density at radius 3 is 2.50 bits per heavy atom. The largest absolute Gasteiger partial charge is 0.355 e. The third-order valence-corrected chi connectivity index (χ3v) is 3.75. The van der Waals surface area contributed by atoms with Crippen molar-refractivity contribution in [3.63, 3.8) is 0 Å². The van der Waals surface area contributed by atoms with E-state index in [1.54, 1.807) is 0 Å². The van der Waals surface area contributed by atoms with Crippen LogP contribution in [-0.2, 0) is 4.79 Å². The van der Waals surface area contributed by atoms with Crippen LogP contribution in [0.3, 0.4) is 0 Å². The number of hydrogen-bond donors (Lipinski definition) is 2. The Balaban J connectivity index is 2.23. The van der Waals surface area contributed by atoms with Gasteiger partial charge in [0, 0.05) is 19.6 Å². The minimum absolute atomic E-state index is 0.0653. The Hall–Kier alpha value is -0.610. The van der Waals surface area contributed by atoms with Gasteiger partial charge in [-0.2, -0.15) is 0 Å². The Kier molecular flexibility index (Phi) is 6.09. The van der Waals surface area contributed by atoms with Crippen LogP contribution in [0.15, 0.2) is 0 Å². The summed E-state index contributed by atoms with van der Waals surface area (Å²) in [6, 6.07) is 0. The van der Waals surface area contributed by atoms with Crippen molar-refractivity contribution >= 4 is 5.91 Å². The summed E-state index contributed by atoms with van der Waals surface area (Å²) >= 11 is 0. The Morgan fingerprint density at radius 2 is 1.94 bits per heavy atom. The van der Waals surface area contributed by atoms with Crippen LogP contribution in [0.2, 0.25) is 0 Å². The molecule has 0 aromatic rings. The predicted molar refractivity (Wildman–Crippen MR) is 75.3 cm³/mol. The number of carbonyl (C=O) groups excluding carboxylic acids is 1. The molecule has 0 bridgehead atoms. The maximum atomic E-state index is 11.9. The van der Waals surface area contributed by atoms with Crippen molar-refractivity contribution in [2.24, 2.45) is 17.1 Å². The molecule has 1 heterocycles. The van der Waals surface area contributed by atoms with Crippen LogP contribution >= 0.6 is 0 Å². The fourth-order valence-electron chi connectivity index (χ4n) is 2.25. The van der Waals surface area contributed by atoms with E-state index in [0.29, 0.717) is 12.5 Å². The summed E-state index contributed by atoms with van der Waals surface area (Å²) in [7, 11) is 0. The molecule has 1 amide bonds. The number of likely N-dealkylation sites (tertiary alicyclic amines) is 1. The molecule has 1 aliphatic rings. The third kappa shape index (κ3) is 4.94. The number of nitrogens with zero attached hydrogens (tertiary/aromatic N) is 1. The number of piperidine rings is 1. The standard InChI is InChI=1S/C14H29N3O/c1-12(10-17-7-5-4-6-8-17)9-16-13(18)14(2,3)11-15/h12H,4-11,15H2,1-3H3,(H,16,18). The fraction of sp³-hybridized carbons (Fsp3) is 0.929. The predicted octanol–water partition coefficient (Wildman–Crippen LogP) is 1.21. The van der Waals surface area contributed by atoms with Gasteiger partial charge in [0.1, 0.15) is 0 Å². The van der Waals surface area contributed by atoms with Gasteiger partial charge >= 0.3 is 0 Å². The van der Waals surface area contributed by atoms with Crippen molar-refractivity contribution in [1.29, 1.82) is 0 Å². The minimum atomic E-state index is -0.454. The molecule has 1 rings (SSSR count). The van der Waals surface area contributed by atoms with Gasteiger partial charge < -0.3 is 16.0 Å². The maximum absolute atomic E-state index is 11.9.